The second-order valence-corrected chi connectivity index (χ2v) is 6.61. The fourth-order valence-corrected chi connectivity index (χ4v) is 5.25. The van der Waals surface area contributed by atoms with E-state index in [1.165, 1.54) is 5.56 Å². The summed E-state index contributed by atoms with van der Waals surface area (Å²) in [5, 5.41) is 13.8. The molecule has 1 aromatic rings. The van der Waals surface area contributed by atoms with Gasteiger partial charge in [-0.2, -0.15) is 0 Å². The summed E-state index contributed by atoms with van der Waals surface area (Å²) in [6.45, 7) is 0.933. The van der Waals surface area contributed by atoms with Crippen molar-refractivity contribution in [2.45, 2.75) is 43.2 Å². The zero-order chi connectivity index (χ0) is 13.5. The highest BCUT2D eigenvalue weighted by Crippen LogP contribution is 2.61. The molecule has 4 atom stereocenters. The molecule has 5 rings (SSSR count). The molecule has 2 aliphatic heterocycles. The maximum absolute atomic E-state index is 12.4. The van der Waals surface area contributed by atoms with Crippen molar-refractivity contribution in [3.05, 3.63) is 23.3 Å². The Hall–Kier alpha value is -1.55. The molecule has 0 amide bonds. The van der Waals surface area contributed by atoms with E-state index in [2.05, 4.69) is 5.32 Å². The molecule has 20 heavy (non-hydrogen) atoms. The van der Waals surface area contributed by atoms with Crippen LogP contribution in [0.3, 0.4) is 0 Å². The van der Waals surface area contributed by atoms with Crippen LogP contribution in [0.2, 0.25) is 0 Å². The molecule has 2 heterocycles. The van der Waals surface area contributed by atoms with E-state index in [1.807, 2.05) is 6.07 Å². The lowest BCUT2D eigenvalue weighted by atomic mass is 9.52. The van der Waals surface area contributed by atoms with Gasteiger partial charge in [0.1, 0.15) is 0 Å². The molecule has 2 aliphatic carbocycles. The van der Waals surface area contributed by atoms with Gasteiger partial charge in [0.15, 0.2) is 23.4 Å². The van der Waals surface area contributed by atoms with E-state index < -0.39 is 0 Å². The van der Waals surface area contributed by atoms with Gasteiger partial charge in [0, 0.05) is 23.4 Å². The number of carbonyl (C=O) groups is 1. The van der Waals surface area contributed by atoms with Crippen LogP contribution in [0, 0.1) is 5.92 Å². The van der Waals surface area contributed by atoms with Crippen LogP contribution in [0.4, 0.5) is 0 Å². The summed E-state index contributed by atoms with van der Waals surface area (Å²) in [7, 11) is 0. The summed E-state index contributed by atoms with van der Waals surface area (Å²) in [4.78, 5) is 12.4. The van der Waals surface area contributed by atoms with E-state index in [9.17, 15) is 9.90 Å². The second-order valence-electron chi connectivity index (χ2n) is 6.61. The van der Waals surface area contributed by atoms with Crippen LogP contribution in [0.1, 0.15) is 30.4 Å². The number of ether oxygens (including phenoxy) is 1. The molecule has 1 aromatic carbocycles. The van der Waals surface area contributed by atoms with Gasteiger partial charge < -0.3 is 15.2 Å². The minimum Gasteiger partial charge on any atom is -0.504 e. The summed E-state index contributed by atoms with van der Waals surface area (Å²) in [5.41, 5.74) is 2.23. The normalized spacial score (nSPS) is 40.2. The Balaban J connectivity index is 1.85. The first-order chi connectivity index (χ1) is 9.72. The van der Waals surface area contributed by atoms with E-state index in [1.54, 1.807) is 6.07 Å². The number of nitrogens with one attached hydrogen (secondary N) is 1. The van der Waals surface area contributed by atoms with Gasteiger partial charge in [0.05, 0.1) is 0 Å². The largest absolute Gasteiger partial charge is 0.504 e. The Morgan fingerprint density at radius 3 is 3.20 bits per heavy atom. The minimum absolute atomic E-state index is 0.174. The number of aromatic hydroxyl groups is 1. The summed E-state index contributed by atoms with van der Waals surface area (Å²) >= 11 is 0. The van der Waals surface area contributed by atoms with Gasteiger partial charge >= 0.3 is 0 Å². The van der Waals surface area contributed by atoms with E-state index in [0.29, 0.717) is 24.1 Å². The molecule has 1 saturated carbocycles. The van der Waals surface area contributed by atoms with Gasteiger partial charge in [-0.1, -0.05) is 6.07 Å². The standard InChI is InChI=1S/C16H17NO3/c18-11-3-1-8-7-10-9-2-4-12(19)15-16(9,5-6-17-10)13(8)14(11)20-15/h1,3,9-10,15,17-18H,2,4-7H2. The highest BCUT2D eigenvalue weighted by molar-refractivity contribution is 5.89. The lowest BCUT2D eigenvalue weighted by Crippen LogP contribution is -2.65. The summed E-state index contributed by atoms with van der Waals surface area (Å²) in [6.07, 6.45) is 3.12. The van der Waals surface area contributed by atoms with Crippen molar-refractivity contribution in [2.24, 2.45) is 5.92 Å². The molecule has 2 N–H and O–H groups in total. The number of Topliss-reactive ketones (excluding diaryl/α,β-unsaturated/α-hetero) is 1. The number of phenolic OH excluding ortho intramolecular Hbond substituents is 1. The predicted molar refractivity (Wildman–Crippen MR) is 72.0 cm³/mol. The van der Waals surface area contributed by atoms with Crippen LogP contribution >= 0.6 is 0 Å². The molecule has 0 radical (unpaired) electrons. The van der Waals surface area contributed by atoms with Crippen LogP contribution in [-0.4, -0.2) is 29.6 Å². The number of carbonyl (C=O) groups excluding carboxylic acids is 1. The molecule has 2 fully saturated rings. The molecule has 1 spiro atoms. The van der Waals surface area contributed by atoms with Gasteiger partial charge in [-0.25, -0.2) is 0 Å². The highest BCUT2D eigenvalue weighted by atomic mass is 16.5. The van der Waals surface area contributed by atoms with Crippen molar-refractivity contribution in [1.82, 2.24) is 5.32 Å². The van der Waals surface area contributed by atoms with E-state index >= 15 is 0 Å². The van der Waals surface area contributed by atoms with E-state index in [4.69, 9.17) is 4.74 Å². The zero-order valence-corrected chi connectivity index (χ0v) is 11.2. The van der Waals surface area contributed by atoms with Gasteiger partial charge in [0.25, 0.3) is 0 Å². The highest BCUT2D eigenvalue weighted by Gasteiger charge is 2.64. The van der Waals surface area contributed by atoms with Gasteiger partial charge in [0.2, 0.25) is 0 Å². The molecule has 4 nitrogen and oxygen atoms in total. The third-order valence-electron chi connectivity index (χ3n) is 5.92. The second kappa shape index (κ2) is 3.37. The third-order valence-corrected chi connectivity index (χ3v) is 5.92. The third kappa shape index (κ3) is 1.04. The lowest BCUT2D eigenvalue weighted by molar-refractivity contribution is -0.135. The van der Waals surface area contributed by atoms with Crippen LogP contribution in [0.5, 0.6) is 11.5 Å². The van der Waals surface area contributed by atoms with Crippen LogP contribution in [0.25, 0.3) is 0 Å². The lowest BCUT2D eigenvalue weighted by Gasteiger charge is -2.54. The Morgan fingerprint density at radius 2 is 2.30 bits per heavy atom. The first-order valence-electron chi connectivity index (χ1n) is 7.50. The minimum atomic E-state index is -0.367. The smallest absolute Gasteiger partial charge is 0.174 e. The molecule has 2 bridgehead atoms. The van der Waals surface area contributed by atoms with Gasteiger partial charge in [-0.3, -0.25) is 4.79 Å². The summed E-state index contributed by atoms with van der Waals surface area (Å²) in [6, 6.07) is 4.17. The van der Waals surface area contributed by atoms with Crippen molar-refractivity contribution >= 4 is 5.78 Å². The molecule has 4 aliphatic rings. The van der Waals surface area contributed by atoms with Crippen molar-refractivity contribution in [3.8, 4) is 11.5 Å². The van der Waals surface area contributed by atoms with Crippen LogP contribution < -0.4 is 10.1 Å². The number of hydrogen-bond donors (Lipinski definition) is 2. The molecule has 4 heteroatoms. The molecule has 0 aromatic heterocycles. The quantitative estimate of drug-likeness (QED) is 0.746. The molecular formula is C16H17NO3. The van der Waals surface area contributed by atoms with Crippen molar-refractivity contribution < 1.29 is 14.6 Å². The number of rotatable bonds is 0. The Morgan fingerprint density at radius 1 is 1.40 bits per heavy atom. The van der Waals surface area contributed by atoms with E-state index in [-0.39, 0.29) is 23.1 Å². The summed E-state index contributed by atoms with van der Waals surface area (Å²) in [5.74, 6) is 1.46. The maximum Gasteiger partial charge on any atom is 0.174 e. The van der Waals surface area contributed by atoms with Crippen molar-refractivity contribution in [2.75, 3.05) is 6.54 Å². The number of piperidine rings is 1. The first-order valence-corrected chi connectivity index (χ1v) is 7.50. The van der Waals surface area contributed by atoms with Crippen molar-refractivity contribution in [1.29, 1.82) is 0 Å². The Kier molecular flexibility index (Phi) is 1.88. The monoisotopic (exact) mass is 271 g/mol. The summed E-state index contributed by atoms with van der Waals surface area (Å²) < 4.78 is 5.99. The zero-order valence-electron chi connectivity index (χ0n) is 11.2. The van der Waals surface area contributed by atoms with Crippen LogP contribution in [0.15, 0.2) is 12.1 Å². The average Bonchev–Trinajstić information content (AvgIpc) is 2.78. The Bertz CT molecular complexity index is 641. The van der Waals surface area contributed by atoms with Crippen LogP contribution in [-0.2, 0) is 16.6 Å². The topological polar surface area (TPSA) is 58.6 Å². The molecule has 104 valence electrons. The SMILES string of the molecule is O=C1CCC2C3Cc4ccc(O)c5c4C2(CCN3)C1O5. The van der Waals surface area contributed by atoms with Gasteiger partial charge in [-0.15, -0.1) is 0 Å². The molecular weight excluding hydrogens is 254 g/mol. The average molecular weight is 271 g/mol. The fraction of sp³-hybridized carbons (Fsp3) is 0.562. The number of hydrogen-bond acceptors (Lipinski definition) is 4. The predicted octanol–water partition coefficient (Wildman–Crippen LogP) is 1.29. The number of phenols is 1. The maximum atomic E-state index is 12.4. The number of benzene rings is 1. The Labute approximate surface area is 117 Å². The molecule has 1 saturated heterocycles. The number of ketones is 1. The van der Waals surface area contributed by atoms with E-state index in [0.717, 1.165) is 31.4 Å². The van der Waals surface area contributed by atoms with Crippen molar-refractivity contribution in [3.63, 3.8) is 0 Å². The first kappa shape index (κ1) is 11.1. The van der Waals surface area contributed by atoms with Gasteiger partial charge in [-0.05, 0) is 43.4 Å². The molecule has 4 unspecified atom stereocenters. The fourth-order valence-electron chi connectivity index (χ4n) is 5.25.